The van der Waals surface area contributed by atoms with Gasteiger partial charge in [0.25, 0.3) is 0 Å². The molecule has 3 atom stereocenters. The van der Waals surface area contributed by atoms with Crippen molar-refractivity contribution in [2.75, 3.05) is 6.54 Å². The van der Waals surface area contributed by atoms with E-state index in [2.05, 4.69) is 6.92 Å². The van der Waals surface area contributed by atoms with Crippen molar-refractivity contribution in [1.82, 2.24) is 4.90 Å². The highest BCUT2D eigenvalue weighted by atomic mass is 19.1. The van der Waals surface area contributed by atoms with E-state index in [1.165, 1.54) is 6.07 Å². The monoisotopic (exact) mass is 292 g/mol. The molecule has 2 N–H and O–H groups in total. The van der Waals surface area contributed by atoms with Crippen molar-refractivity contribution >= 4 is 5.91 Å². The third-order valence-electron chi connectivity index (χ3n) is 4.23. The molecule has 0 aromatic heterocycles. The fourth-order valence-electron chi connectivity index (χ4n) is 3.13. The van der Waals surface area contributed by atoms with Crippen molar-refractivity contribution in [3.63, 3.8) is 0 Å². The molecule has 21 heavy (non-hydrogen) atoms. The minimum absolute atomic E-state index is 0.193. The molecule has 0 spiro atoms. The second-order valence-corrected chi connectivity index (χ2v) is 6.36. The van der Waals surface area contributed by atoms with Gasteiger partial charge in [-0.3, -0.25) is 4.79 Å². The molecule has 1 aliphatic rings. The lowest BCUT2D eigenvalue weighted by atomic mass is 9.95. The predicted octanol–water partition coefficient (Wildman–Crippen LogP) is 2.73. The van der Waals surface area contributed by atoms with E-state index in [1.807, 2.05) is 17.9 Å². The smallest absolute Gasteiger partial charge is 0.223 e. The molecule has 4 heteroatoms. The summed E-state index contributed by atoms with van der Waals surface area (Å²) in [7, 11) is 0. The topological polar surface area (TPSA) is 46.3 Å². The first kappa shape index (κ1) is 16.0. The Morgan fingerprint density at radius 3 is 2.95 bits per heavy atom. The molecule has 1 heterocycles. The molecule has 1 aromatic carbocycles. The lowest BCUT2D eigenvalue weighted by Gasteiger charge is -2.37. The summed E-state index contributed by atoms with van der Waals surface area (Å²) in [5.41, 5.74) is 6.88. The van der Waals surface area contributed by atoms with Crippen LogP contribution in [0.4, 0.5) is 4.39 Å². The van der Waals surface area contributed by atoms with Crippen LogP contribution in [0.25, 0.3) is 0 Å². The van der Waals surface area contributed by atoms with E-state index in [0.29, 0.717) is 6.42 Å². The van der Waals surface area contributed by atoms with Crippen LogP contribution >= 0.6 is 0 Å². The van der Waals surface area contributed by atoms with Gasteiger partial charge in [-0.15, -0.1) is 0 Å². The summed E-state index contributed by atoms with van der Waals surface area (Å²) in [5, 5.41) is 0. The number of amides is 1. The quantitative estimate of drug-likeness (QED) is 0.927. The summed E-state index contributed by atoms with van der Waals surface area (Å²) in [6.07, 6.45) is 3.00. The standard InChI is InChI=1S/C17H25FN2O/c1-12(8-14-4-3-5-15(18)11-14)9-17(21)20-7-6-16(19)10-13(20)2/h3-5,11-13,16H,6-10,19H2,1-2H3/t12-,13+,16+/m0/s1. The van der Waals surface area contributed by atoms with E-state index in [-0.39, 0.29) is 29.7 Å². The normalized spacial score (nSPS) is 23.9. The Hall–Kier alpha value is -1.42. The second-order valence-electron chi connectivity index (χ2n) is 6.36. The van der Waals surface area contributed by atoms with E-state index in [9.17, 15) is 9.18 Å². The van der Waals surface area contributed by atoms with Crippen molar-refractivity contribution < 1.29 is 9.18 Å². The molecule has 1 saturated heterocycles. The Balaban J connectivity index is 1.87. The minimum Gasteiger partial charge on any atom is -0.340 e. The van der Waals surface area contributed by atoms with Crippen molar-refractivity contribution in [1.29, 1.82) is 0 Å². The van der Waals surface area contributed by atoms with Crippen LogP contribution < -0.4 is 5.73 Å². The maximum Gasteiger partial charge on any atom is 0.223 e. The number of carbonyl (C=O) groups is 1. The molecule has 1 fully saturated rings. The molecule has 0 radical (unpaired) electrons. The lowest BCUT2D eigenvalue weighted by Crippen LogP contribution is -2.48. The molecule has 0 unspecified atom stereocenters. The Morgan fingerprint density at radius 2 is 2.29 bits per heavy atom. The average Bonchev–Trinajstić information content (AvgIpc) is 2.38. The zero-order chi connectivity index (χ0) is 15.4. The van der Waals surface area contributed by atoms with Gasteiger partial charge in [0.1, 0.15) is 5.82 Å². The van der Waals surface area contributed by atoms with Crippen molar-refractivity contribution in [2.24, 2.45) is 11.7 Å². The molecule has 1 aliphatic heterocycles. The highest BCUT2D eigenvalue weighted by Crippen LogP contribution is 2.20. The Labute approximate surface area is 126 Å². The summed E-state index contributed by atoms with van der Waals surface area (Å²) in [6, 6.07) is 7.05. The number of nitrogens with zero attached hydrogens (tertiary/aromatic N) is 1. The SMILES string of the molecule is C[C@H](CC(=O)N1CC[C@@H](N)C[C@H]1C)Cc1cccc(F)c1. The Kier molecular flexibility index (Phi) is 5.34. The van der Waals surface area contributed by atoms with E-state index < -0.39 is 0 Å². The first-order valence-electron chi connectivity index (χ1n) is 7.75. The number of piperidine rings is 1. The first-order chi connectivity index (χ1) is 9.95. The van der Waals surface area contributed by atoms with Crippen LogP contribution in [0.1, 0.15) is 38.7 Å². The largest absolute Gasteiger partial charge is 0.340 e. The van der Waals surface area contributed by atoms with E-state index >= 15 is 0 Å². The molecule has 0 aliphatic carbocycles. The second kappa shape index (κ2) is 7.03. The number of nitrogens with two attached hydrogens (primary N) is 1. The average molecular weight is 292 g/mol. The highest BCUT2D eigenvalue weighted by molar-refractivity contribution is 5.76. The minimum atomic E-state index is -0.218. The molecule has 0 bridgehead atoms. The molecular formula is C17H25FN2O. The summed E-state index contributed by atoms with van der Waals surface area (Å²) in [5.74, 6) is 0.185. The Bertz CT molecular complexity index is 491. The van der Waals surface area contributed by atoms with Gasteiger partial charge in [0, 0.05) is 25.0 Å². The summed E-state index contributed by atoms with van der Waals surface area (Å²) >= 11 is 0. The molecule has 1 amide bonds. The van der Waals surface area contributed by atoms with Gasteiger partial charge in [-0.2, -0.15) is 0 Å². The van der Waals surface area contributed by atoms with E-state index in [4.69, 9.17) is 5.73 Å². The summed E-state index contributed by atoms with van der Waals surface area (Å²) in [4.78, 5) is 14.3. The number of carbonyl (C=O) groups excluding carboxylic acids is 1. The highest BCUT2D eigenvalue weighted by Gasteiger charge is 2.27. The zero-order valence-corrected chi connectivity index (χ0v) is 12.9. The van der Waals surface area contributed by atoms with Gasteiger partial charge in [0.05, 0.1) is 0 Å². The summed E-state index contributed by atoms with van der Waals surface area (Å²) in [6.45, 7) is 4.87. The van der Waals surface area contributed by atoms with Gasteiger partial charge in [0.15, 0.2) is 0 Å². The van der Waals surface area contributed by atoms with Crippen LogP contribution in [0.5, 0.6) is 0 Å². The van der Waals surface area contributed by atoms with Crippen molar-refractivity contribution in [2.45, 2.75) is 51.6 Å². The van der Waals surface area contributed by atoms with Gasteiger partial charge in [-0.05, 0) is 49.8 Å². The fourth-order valence-corrected chi connectivity index (χ4v) is 3.13. The van der Waals surface area contributed by atoms with Crippen LogP contribution in [-0.4, -0.2) is 29.4 Å². The zero-order valence-electron chi connectivity index (χ0n) is 12.9. The maximum absolute atomic E-state index is 13.2. The molecule has 1 aromatic rings. The fraction of sp³-hybridized carbons (Fsp3) is 0.588. The van der Waals surface area contributed by atoms with Crippen LogP contribution in [-0.2, 0) is 11.2 Å². The van der Waals surface area contributed by atoms with Crippen molar-refractivity contribution in [3.8, 4) is 0 Å². The summed E-state index contributed by atoms with van der Waals surface area (Å²) < 4.78 is 13.2. The maximum atomic E-state index is 13.2. The van der Waals surface area contributed by atoms with E-state index in [1.54, 1.807) is 12.1 Å². The number of hydrogen-bond donors (Lipinski definition) is 1. The molecule has 116 valence electrons. The molecule has 3 nitrogen and oxygen atoms in total. The van der Waals surface area contributed by atoms with Crippen LogP contribution in [0, 0.1) is 11.7 Å². The van der Waals surface area contributed by atoms with Crippen molar-refractivity contribution in [3.05, 3.63) is 35.6 Å². The predicted molar refractivity (Wildman–Crippen MR) is 82.3 cm³/mol. The molecule has 0 saturated carbocycles. The van der Waals surface area contributed by atoms with Crippen LogP contribution in [0.3, 0.4) is 0 Å². The van der Waals surface area contributed by atoms with Gasteiger partial charge in [-0.25, -0.2) is 4.39 Å². The first-order valence-corrected chi connectivity index (χ1v) is 7.75. The van der Waals surface area contributed by atoms with E-state index in [0.717, 1.165) is 31.4 Å². The number of benzene rings is 1. The third kappa shape index (κ3) is 4.53. The van der Waals surface area contributed by atoms with Gasteiger partial charge < -0.3 is 10.6 Å². The number of likely N-dealkylation sites (tertiary alicyclic amines) is 1. The Morgan fingerprint density at radius 1 is 1.52 bits per heavy atom. The third-order valence-corrected chi connectivity index (χ3v) is 4.23. The number of halogens is 1. The molecule has 2 rings (SSSR count). The van der Waals surface area contributed by atoms with Gasteiger partial charge in [-0.1, -0.05) is 19.1 Å². The lowest BCUT2D eigenvalue weighted by molar-refractivity contribution is -0.135. The van der Waals surface area contributed by atoms with Gasteiger partial charge >= 0.3 is 0 Å². The van der Waals surface area contributed by atoms with Crippen LogP contribution in [0.2, 0.25) is 0 Å². The molecular weight excluding hydrogens is 267 g/mol. The number of hydrogen-bond acceptors (Lipinski definition) is 2. The van der Waals surface area contributed by atoms with Crippen LogP contribution in [0.15, 0.2) is 24.3 Å². The van der Waals surface area contributed by atoms with Gasteiger partial charge in [0.2, 0.25) is 5.91 Å². The number of rotatable bonds is 4.